The fourth-order valence-electron chi connectivity index (χ4n) is 2.36. The van der Waals surface area contributed by atoms with E-state index in [0.717, 1.165) is 5.56 Å². The van der Waals surface area contributed by atoms with Gasteiger partial charge in [0.2, 0.25) is 0 Å². The summed E-state index contributed by atoms with van der Waals surface area (Å²) in [6, 6.07) is 6.34. The second-order valence-electron chi connectivity index (χ2n) is 6.44. The van der Waals surface area contributed by atoms with Gasteiger partial charge >= 0.3 is 0 Å². The van der Waals surface area contributed by atoms with Gasteiger partial charge in [0, 0.05) is 20.1 Å². The molecule has 1 rings (SSSR count). The van der Waals surface area contributed by atoms with Gasteiger partial charge in [0.25, 0.3) is 10.1 Å². The van der Waals surface area contributed by atoms with Crippen LogP contribution in [-0.4, -0.2) is 80.1 Å². The molecule has 0 aliphatic rings. The summed E-state index contributed by atoms with van der Waals surface area (Å²) in [5, 5.41) is 10.2. The van der Waals surface area contributed by atoms with Crippen molar-refractivity contribution in [3.8, 4) is 0 Å². The third-order valence-electron chi connectivity index (χ3n) is 3.90. The molecule has 0 amide bonds. The number of ether oxygens (including phenoxy) is 4. The Balaban J connectivity index is -0.000000327. The van der Waals surface area contributed by atoms with E-state index >= 15 is 0 Å². The summed E-state index contributed by atoms with van der Waals surface area (Å²) in [7, 11) is -0.737. The van der Waals surface area contributed by atoms with E-state index in [4.69, 9.17) is 23.1 Å². The first-order valence-electron chi connectivity index (χ1n) is 9.16. The van der Waals surface area contributed by atoms with Gasteiger partial charge in [-0.3, -0.25) is 4.18 Å². The van der Waals surface area contributed by atoms with Gasteiger partial charge in [0.1, 0.15) is 0 Å². The standard InChI is InChI=1S/C19H32O8S.6CH4/c1-16-4-6-19(7-5-16)28(21,22)27-15-18(20)12-17(13-25-10-8-23-2)14-26-11-9-24-3;;;;;;/h4-7,17-18,20H,8-15H2,1-3H3;6*1H4. The van der Waals surface area contributed by atoms with Crippen LogP contribution in [0.1, 0.15) is 56.5 Å². The molecular weight excluding hydrogens is 460 g/mol. The number of hydrogen-bond donors (Lipinski definition) is 1. The Morgan fingerprint density at radius 3 is 1.62 bits per heavy atom. The molecule has 9 heteroatoms. The van der Waals surface area contributed by atoms with Crippen molar-refractivity contribution >= 4 is 10.1 Å². The third kappa shape index (κ3) is 20.3. The van der Waals surface area contributed by atoms with Gasteiger partial charge < -0.3 is 24.1 Å². The molecule has 0 radical (unpaired) electrons. The Morgan fingerprint density at radius 2 is 1.21 bits per heavy atom. The SMILES string of the molecule is C.C.C.C.C.C.COCCOCC(COCCOC)CC(O)COS(=O)(=O)c1ccc(C)cc1. The van der Waals surface area contributed by atoms with Crippen molar-refractivity contribution in [1.82, 2.24) is 0 Å². The molecule has 0 spiro atoms. The maximum Gasteiger partial charge on any atom is 0.297 e. The number of hydrogen-bond acceptors (Lipinski definition) is 8. The van der Waals surface area contributed by atoms with Gasteiger partial charge in [-0.1, -0.05) is 62.3 Å². The molecule has 0 fully saturated rings. The molecule has 0 aliphatic carbocycles. The van der Waals surface area contributed by atoms with Crippen LogP contribution in [0.4, 0.5) is 0 Å². The summed E-state index contributed by atoms with van der Waals surface area (Å²) in [6.07, 6.45) is -0.689. The van der Waals surface area contributed by atoms with E-state index in [0.29, 0.717) is 39.6 Å². The molecule has 0 saturated heterocycles. The topological polar surface area (TPSA) is 101 Å². The first-order valence-corrected chi connectivity index (χ1v) is 10.6. The zero-order chi connectivity index (χ0) is 20.8. The minimum Gasteiger partial charge on any atom is -0.391 e. The lowest BCUT2D eigenvalue weighted by Gasteiger charge is -2.20. The molecule has 0 aromatic heterocycles. The second-order valence-corrected chi connectivity index (χ2v) is 8.06. The summed E-state index contributed by atoms with van der Waals surface area (Å²) in [5.74, 6) is -0.116. The van der Waals surface area contributed by atoms with E-state index in [1.807, 2.05) is 6.92 Å². The molecule has 8 nitrogen and oxygen atoms in total. The van der Waals surface area contributed by atoms with E-state index in [1.54, 1.807) is 26.4 Å². The van der Waals surface area contributed by atoms with Crippen LogP contribution < -0.4 is 0 Å². The van der Waals surface area contributed by atoms with Crippen molar-refractivity contribution in [3.63, 3.8) is 0 Å². The lowest BCUT2D eigenvalue weighted by molar-refractivity contribution is -0.0125. The summed E-state index contributed by atoms with van der Waals surface area (Å²) in [5.41, 5.74) is 0.948. The quantitative estimate of drug-likeness (QED) is 0.236. The number of rotatable bonds is 16. The highest BCUT2D eigenvalue weighted by Crippen LogP contribution is 2.15. The predicted molar refractivity (Wildman–Crippen MR) is 144 cm³/mol. The van der Waals surface area contributed by atoms with Crippen molar-refractivity contribution in [2.75, 3.05) is 60.5 Å². The summed E-state index contributed by atoms with van der Waals surface area (Å²) in [4.78, 5) is 0.0626. The lowest BCUT2D eigenvalue weighted by atomic mass is 10.0. The van der Waals surface area contributed by atoms with Crippen LogP contribution in [0, 0.1) is 12.8 Å². The van der Waals surface area contributed by atoms with E-state index in [1.165, 1.54) is 12.1 Å². The van der Waals surface area contributed by atoms with Crippen LogP contribution in [0.5, 0.6) is 0 Å². The van der Waals surface area contributed by atoms with Crippen molar-refractivity contribution in [3.05, 3.63) is 29.8 Å². The normalized spacial score (nSPS) is 10.9. The average Bonchev–Trinajstić information content (AvgIpc) is 2.67. The fraction of sp³-hybridized carbons (Fsp3) is 0.760. The molecule has 1 N–H and O–H groups in total. The van der Waals surface area contributed by atoms with Crippen LogP contribution >= 0.6 is 0 Å². The molecule has 1 unspecified atom stereocenters. The number of aliphatic hydroxyl groups is 1. The number of aryl methyl sites for hydroxylation is 1. The molecule has 1 atom stereocenters. The molecule has 210 valence electrons. The zero-order valence-corrected chi connectivity index (χ0v) is 17.7. The average molecular weight is 517 g/mol. The van der Waals surface area contributed by atoms with Crippen molar-refractivity contribution in [1.29, 1.82) is 0 Å². The second kappa shape index (κ2) is 26.5. The van der Waals surface area contributed by atoms with Crippen molar-refractivity contribution in [2.45, 2.75) is 68.9 Å². The van der Waals surface area contributed by atoms with E-state index in [-0.39, 0.29) is 68.4 Å². The van der Waals surface area contributed by atoms with Crippen LogP contribution in [0.15, 0.2) is 29.2 Å². The molecule has 0 bridgehead atoms. The Kier molecular flexibility index (Phi) is 36.1. The highest BCUT2D eigenvalue weighted by molar-refractivity contribution is 7.86. The molecule has 0 heterocycles. The largest absolute Gasteiger partial charge is 0.391 e. The minimum absolute atomic E-state index is 0. The van der Waals surface area contributed by atoms with Crippen LogP contribution in [0.25, 0.3) is 0 Å². The van der Waals surface area contributed by atoms with Gasteiger partial charge in [-0.05, 0) is 25.5 Å². The maximum atomic E-state index is 12.2. The monoisotopic (exact) mass is 516 g/mol. The molecule has 1 aromatic rings. The minimum atomic E-state index is -3.91. The Morgan fingerprint density at radius 1 is 0.765 bits per heavy atom. The van der Waals surface area contributed by atoms with Gasteiger partial charge in [-0.2, -0.15) is 8.42 Å². The zero-order valence-electron chi connectivity index (χ0n) is 16.8. The summed E-state index contributed by atoms with van der Waals surface area (Å²) in [6.45, 7) is 4.05. The van der Waals surface area contributed by atoms with Crippen LogP contribution in [-0.2, 0) is 33.2 Å². The summed E-state index contributed by atoms with van der Waals surface area (Å²) < 4.78 is 50.3. The summed E-state index contributed by atoms with van der Waals surface area (Å²) >= 11 is 0. The first kappa shape index (κ1) is 46.3. The molecule has 34 heavy (non-hydrogen) atoms. The first-order chi connectivity index (χ1) is 13.4. The van der Waals surface area contributed by atoms with Crippen LogP contribution in [0.2, 0.25) is 0 Å². The third-order valence-corrected chi connectivity index (χ3v) is 5.20. The number of aliphatic hydroxyl groups excluding tert-OH is 1. The number of methoxy groups -OCH3 is 2. The van der Waals surface area contributed by atoms with Crippen molar-refractivity contribution < 1.29 is 36.7 Å². The predicted octanol–water partition coefficient (Wildman–Crippen LogP) is 5.21. The lowest BCUT2D eigenvalue weighted by Crippen LogP contribution is -2.27. The maximum absolute atomic E-state index is 12.2. The van der Waals surface area contributed by atoms with Crippen LogP contribution in [0.3, 0.4) is 0 Å². The van der Waals surface area contributed by atoms with Gasteiger partial charge in [-0.15, -0.1) is 0 Å². The van der Waals surface area contributed by atoms with Gasteiger partial charge in [0.05, 0.1) is 57.2 Å². The van der Waals surface area contributed by atoms with Gasteiger partial charge in [-0.25, -0.2) is 0 Å². The molecule has 0 saturated carbocycles. The smallest absolute Gasteiger partial charge is 0.297 e. The Bertz CT molecular complexity index is 608. The van der Waals surface area contributed by atoms with E-state index < -0.39 is 16.2 Å². The fourth-order valence-corrected chi connectivity index (χ4v) is 3.30. The van der Waals surface area contributed by atoms with Crippen molar-refractivity contribution in [2.24, 2.45) is 5.92 Å². The molecular formula is C25H56O8S. The van der Waals surface area contributed by atoms with E-state index in [9.17, 15) is 13.5 Å². The Hall–Kier alpha value is -1.07. The highest BCUT2D eigenvalue weighted by atomic mass is 32.2. The highest BCUT2D eigenvalue weighted by Gasteiger charge is 2.20. The van der Waals surface area contributed by atoms with E-state index in [2.05, 4.69) is 0 Å². The number of benzene rings is 1. The Labute approximate surface area is 212 Å². The van der Waals surface area contributed by atoms with Gasteiger partial charge in [0.15, 0.2) is 0 Å². The molecule has 0 aliphatic heterocycles. The molecule has 1 aromatic carbocycles.